The smallest absolute Gasteiger partial charge is 0.344 e. The molecule has 3 atom stereocenters. The molecule has 1 aliphatic carbocycles. The Labute approximate surface area is 153 Å². The molecule has 26 heavy (non-hydrogen) atoms. The van der Waals surface area contributed by atoms with Gasteiger partial charge in [-0.3, -0.25) is 4.79 Å². The molecule has 2 fully saturated rings. The number of carbonyl (C=O) groups is 2. The molecule has 140 valence electrons. The minimum Gasteiger partial charge on any atom is -0.482 e. The predicted molar refractivity (Wildman–Crippen MR) is 95.0 cm³/mol. The molecule has 0 aromatic heterocycles. The SMILES string of the molecule is CC1(C)C2OCCCC2C1OC(=O)COc1ccc2c(c1)CCC(=O)N2. The zero-order chi connectivity index (χ0) is 18.3. The van der Waals surface area contributed by atoms with Crippen molar-refractivity contribution < 1.29 is 23.8 Å². The standard InChI is InChI=1S/C20H25NO5/c1-20(2)18-14(4-3-9-24-18)19(20)26-17(23)11-25-13-6-7-15-12(10-13)5-8-16(22)21-15/h6-7,10,14,18-19H,3-5,8-9,11H2,1-2H3,(H,21,22). The van der Waals surface area contributed by atoms with Crippen LogP contribution in [-0.2, 0) is 25.5 Å². The van der Waals surface area contributed by atoms with E-state index in [2.05, 4.69) is 19.2 Å². The number of carbonyl (C=O) groups excluding carboxylic acids is 2. The normalized spacial score (nSPS) is 28.8. The van der Waals surface area contributed by atoms with Gasteiger partial charge < -0.3 is 19.5 Å². The van der Waals surface area contributed by atoms with Gasteiger partial charge in [0.25, 0.3) is 0 Å². The second-order valence-electron chi connectivity index (χ2n) is 7.99. The van der Waals surface area contributed by atoms with Gasteiger partial charge in [-0.25, -0.2) is 4.79 Å². The van der Waals surface area contributed by atoms with Crippen molar-refractivity contribution in [3.63, 3.8) is 0 Å². The van der Waals surface area contributed by atoms with Crippen LogP contribution < -0.4 is 10.1 Å². The van der Waals surface area contributed by atoms with Crippen molar-refractivity contribution in [1.29, 1.82) is 0 Å². The maximum absolute atomic E-state index is 12.3. The summed E-state index contributed by atoms with van der Waals surface area (Å²) in [5.74, 6) is 0.597. The zero-order valence-corrected chi connectivity index (χ0v) is 15.2. The second kappa shape index (κ2) is 6.58. The Morgan fingerprint density at radius 1 is 1.35 bits per heavy atom. The van der Waals surface area contributed by atoms with Crippen molar-refractivity contribution in [2.45, 2.75) is 51.7 Å². The third-order valence-electron chi connectivity index (χ3n) is 5.81. The van der Waals surface area contributed by atoms with E-state index < -0.39 is 0 Å². The first-order valence-corrected chi connectivity index (χ1v) is 9.32. The van der Waals surface area contributed by atoms with Crippen LogP contribution in [0.15, 0.2) is 18.2 Å². The van der Waals surface area contributed by atoms with E-state index in [4.69, 9.17) is 14.2 Å². The molecule has 2 heterocycles. The van der Waals surface area contributed by atoms with Crippen molar-refractivity contribution in [3.05, 3.63) is 23.8 Å². The van der Waals surface area contributed by atoms with Crippen LogP contribution in [0.2, 0.25) is 0 Å². The lowest BCUT2D eigenvalue weighted by Gasteiger charge is -2.58. The second-order valence-corrected chi connectivity index (χ2v) is 7.99. The fourth-order valence-electron chi connectivity index (χ4n) is 4.48. The van der Waals surface area contributed by atoms with E-state index in [1.54, 1.807) is 6.07 Å². The summed E-state index contributed by atoms with van der Waals surface area (Å²) in [6.07, 6.45) is 3.30. The van der Waals surface area contributed by atoms with Gasteiger partial charge in [-0.2, -0.15) is 0 Å². The molecule has 6 nitrogen and oxygen atoms in total. The van der Waals surface area contributed by atoms with Crippen molar-refractivity contribution >= 4 is 17.6 Å². The molecule has 1 saturated heterocycles. The molecule has 0 radical (unpaired) electrons. The topological polar surface area (TPSA) is 73.9 Å². The molecule has 1 amide bonds. The van der Waals surface area contributed by atoms with Crippen molar-refractivity contribution in [2.24, 2.45) is 11.3 Å². The van der Waals surface area contributed by atoms with Crippen LogP contribution in [0, 0.1) is 11.3 Å². The number of hydrogen-bond acceptors (Lipinski definition) is 5. The van der Waals surface area contributed by atoms with Crippen LogP contribution >= 0.6 is 0 Å². The summed E-state index contributed by atoms with van der Waals surface area (Å²) in [6, 6.07) is 5.45. The number of anilines is 1. The largest absolute Gasteiger partial charge is 0.482 e. The van der Waals surface area contributed by atoms with Crippen LogP contribution in [0.25, 0.3) is 0 Å². The summed E-state index contributed by atoms with van der Waals surface area (Å²) in [6.45, 7) is 4.87. The summed E-state index contributed by atoms with van der Waals surface area (Å²) in [4.78, 5) is 23.7. The molecular formula is C20H25NO5. The predicted octanol–water partition coefficient (Wildman–Crippen LogP) is 2.70. The highest BCUT2D eigenvalue weighted by Gasteiger charge is 2.60. The van der Waals surface area contributed by atoms with Crippen LogP contribution in [0.3, 0.4) is 0 Å². The molecule has 4 rings (SSSR count). The first-order valence-electron chi connectivity index (χ1n) is 9.32. The molecule has 0 spiro atoms. The van der Waals surface area contributed by atoms with Gasteiger partial charge in [0.1, 0.15) is 11.9 Å². The summed E-state index contributed by atoms with van der Waals surface area (Å²) in [5, 5.41) is 2.83. The Morgan fingerprint density at radius 3 is 3.04 bits per heavy atom. The van der Waals surface area contributed by atoms with Crippen molar-refractivity contribution in [3.8, 4) is 5.75 Å². The van der Waals surface area contributed by atoms with Crippen LogP contribution in [0.4, 0.5) is 5.69 Å². The molecule has 6 heteroatoms. The molecule has 1 saturated carbocycles. The van der Waals surface area contributed by atoms with Gasteiger partial charge in [-0.05, 0) is 43.0 Å². The zero-order valence-electron chi connectivity index (χ0n) is 15.2. The van der Waals surface area contributed by atoms with Gasteiger partial charge in [0.05, 0.1) is 6.10 Å². The Bertz CT molecular complexity index is 729. The Kier molecular flexibility index (Phi) is 4.39. The molecule has 3 unspecified atom stereocenters. The van der Waals surface area contributed by atoms with E-state index in [0.717, 1.165) is 30.7 Å². The van der Waals surface area contributed by atoms with Crippen LogP contribution in [-0.4, -0.2) is 37.3 Å². The summed E-state index contributed by atoms with van der Waals surface area (Å²) in [5.41, 5.74) is 1.69. The molecular weight excluding hydrogens is 334 g/mol. The molecule has 1 aromatic rings. The van der Waals surface area contributed by atoms with E-state index >= 15 is 0 Å². The van der Waals surface area contributed by atoms with Gasteiger partial charge in [0.15, 0.2) is 6.61 Å². The lowest BCUT2D eigenvalue weighted by atomic mass is 9.57. The average molecular weight is 359 g/mol. The summed E-state index contributed by atoms with van der Waals surface area (Å²) >= 11 is 0. The van der Waals surface area contributed by atoms with E-state index in [9.17, 15) is 9.59 Å². The number of ether oxygens (including phenoxy) is 3. The Hall–Kier alpha value is -2.08. The van der Waals surface area contributed by atoms with Crippen molar-refractivity contribution in [2.75, 3.05) is 18.5 Å². The quantitative estimate of drug-likeness (QED) is 0.837. The average Bonchev–Trinajstić information content (AvgIpc) is 2.64. The summed E-state index contributed by atoms with van der Waals surface area (Å²) < 4.78 is 17.2. The number of aryl methyl sites for hydroxylation is 1. The van der Waals surface area contributed by atoms with E-state index in [1.807, 2.05) is 12.1 Å². The van der Waals surface area contributed by atoms with Gasteiger partial charge in [0.2, 0.25) is 5.91 Å². The molecule has 1 aromatic carbocycles. The maximum atomic E-state index is 12.3. The lowest BCUT2D eigenvalue weighted by Crippen LogP contribution is -2.65. The number of esters is 1. The maximum Gasteiger partial charge on any atom is 0.344 e. The van der Waals surface area contributed by atoms with E-state index in [-0.39, 0.29) is 36.1 Å². The third-order valence-corrected chi connectivity index (χ3v) is 5.81. The first-order chi connectivity index (χ1) is 12.4. The van der Waals surface area contributed by atoms with E-state index in [1.165, 1.54) is 0 Å². The minimum absolute atomic E-state index is 0.0304. The molecule has 0 bridgehead atoms. The number of amides is 1. The highest BCUT2D eigenvalue weighted by molar-refractivity contribution is 5.94. The van der Waals surface area contributed by atoms with Gasteiger partial charge in [-0.1, -0.05) is 13.8 Å². The number of nitrogens with one attached hydrogen (secondary N) is 1. The molecule has 1 N–H and O–H groups in total. The van der Waals surface area contributed by atoms with Crippen LogP contribution in [0.1, 0.15) is 38.7 Å². The third kappa shape index (κ3) is 3.07. The molecule has 2 aliphatic heterocycles. The number of hydrogen-bond donors (Lipinski definition) is 1. The van der Waals surface area contributed by atoms with Crippen molar-refractivity contribution in [1.82, 2.24) is 0 Å². The fourth-order valence-corrected chi connectivity index (χ4v) is 4.48. The van der Waals surface area contributed by atoms with Gasteiger partial charge >= 0.3 is 5.97 Å². The summed E-state index contributed by atoms with van der Waals surface area (Å²) in [7, 11) is 0. The number of benzene rings is 1. The van der Waals surface area contributed by atoms with Crippen LogP contribution in [0.5, 0.6) is 5.75 Å². The van der Waals surface area contributed by atoms with E-state index in [0.29, 0.717) is 24.5 Å². The monoisotopic (exact) mass is 359 g/mol. The molecule has 3 aliphatic rings. The van der Waals surface area contributed by atoms with Gasteiger partial charge in [0, 0.05) is 30.0 Å². The Morgan fingerprint density at radius 2 is 2.19 bits per heavy atom. The van der Waals surface area contributed by atoms with Gasteiger partial charge in [-0.15, -0.1) is 0 Å². The highest BCUT2D eigenvalue weighted by Crippen LogP contribution is 2.52. The Balaban J connectivity index is 1.32. The lowest BCUT2D eigenvalue weighted by molar-refractivity contribution is -0.255. The highest BCUT2D eigenvalue weighted by atomic mass is 16.6. The number of fused-ring (bicyclic) bond motifs is 2. The fraction of sp³-hybridized carbons (Fsp3) is 0.600. The minimum atomic E-state index is -0.349. The number of rotatable bonds is 4. The first kappa shape index (κ1) is 17.3.